The summed E-state index contributed by atoms with van der Waals surface area (Å²) in [4.78, 5) is 5.47. The van der Waals surface area contributed by atoms with Gasteiger partial charge in [0, 0.05) is 18.9 Å². The van der Waals surface area contributed by atoms with Crippen LogP contribution < -0.4 is 0 Å². The third-order valence-corrected chi connectivity index (χ3v) is 3.01. The highest BCUT2D eigenvalue weighted by Crippen LogP contribution is 2.26. The second-order valence-corrected chi connectivity index (χ2v) is 4.32. The maximum absolute atomic E-state index is 5.56. The van der Waals surface area contributed by atoms with Crippen LogP contribution >= 0.6 is 0 Å². The van der Waals surface area contributed by atoms with E-state index in [-0.39, 0.29) is 12.2 Å². The largest absolute Gasteiger partial charge is 0.363 e. The molecule has 0 saturated carbocycles. The van der Waals surface area contributed by atoms with E-state index in [2.05, 4.69) is 11.7 Å². The Kier molecular flexibility index (Phi) is 4.53. The Bertz CT molecular complexity index is 414. The minimum atomic E-state index is -0.250. The fourth-order valence-corrected chi connectivity index (χ4v) is 2.12. The average Bonchev–Trinajstić information content (AvgIpc) is 2.42. The topological polar surface area (TPSA) is 30.8 Å². The van der Waals surface area contributed by atoms with E-state index >= 15 is 0 Å². The lowest BCUT2D eigenvalue weighted by atomic mass is 9.93. The molecule has 0 bridgehead atoms. The predicted molar refractivity (Wildman–Crippen MR) is 72.4 cm³/mol. The highest BCUT2D eigenvalue weighted by Gasteiger charge is 2.29. The third-order valence-electron chi connectivity index (χ3n) is 3.01. The average molecular weight is 245 g/mol. The van der Waals surface area contributed by atoms with Crippen molar-refractivity contribution in [2.24, 2.45) is 11.1 Å². The Labute approximate surface area is 108 Å². The highest BCUT2D eigenvalue weighted by atomic mass is 16.8. The van der Waals surface area contributed by atoms with Gasteiger partial charge in [0.25, 0.3) is 0 Å². The Morgan fingerprint density at radius 1 is 1.44 bits per heavy atom. The van der Waals surface area contributed by atoms with E-state index in [1.807, 2.05) is 43.3 Å². The number of nitrogens with zero attached hydrogens (tertiary/aromatic N) is 1. The zero-order valence-electron chi connectivity index (χ0n) is 10.7. The fourth-order valence-electron chi connectivity index (χ4n) is 2.12. The first kappa shape index (κ1) is 12.8. The van der Waals surface area contributed by atoms with Gasteiger partial charge in [0.15, 0.2) is 0 Å². The van der Waals surface area contributed by atoms with Gasteiger partial charge in [-0.1, -0.05) is 41.6 Å². The van der Waals surface area contributed by atoms with Crippen molar-refractivity contribution in [3.63, 3.8) is 0 Å². The standard InChI is InChI=1S/C15H19NO2/c1-3-8-13-11-14(12-9-6-5-7-10-12)16-18-15(13)17-4-2/h3,5-7,9-10,13,15H,1,4,8,11H2,2H3/t13-,15-/m1/s1. The van der Waals surface area contributed by atoms with Crippen molar-refractivity contribution in [3.05, 3.63) is 48.6 Å². The van der Waals surface area contributed by atoms with Crippen LogP contribution in [0.2, 0.25) is 0 Å². The fraction of sp³-hybridized carbons (Fsp3) is 0.400. The van der Waals surface area contributed by atoms with Crippen LogP contribution in [-0.4, -0.2) is 18.6 Å². The van der Waals surface area contributed by atoms with Gasteiger partial charge in [0.1, 0.15) is 0 Å². The molecule has 1 aliphatic heterocycles. The predicted octanol–water partition coefficient (Wildman–Crippen LogP) is 3.37. The van der Waals surface area contributed by atoms with Crippen LogP contribution in [0, 0.1) is 5.92 Å². The van der Waals surface area contributed by atoms with E-state index in [4.69, 9.17) is 9.57 Å². The molecule has 1 aromatic carbocycles. The van der Waals surface area contributed by atoms with Crippen LogP contribution in [0.1, 0.15) is 25.3 Å². The minimum Gasteiger partial charge on any atom is -0.363 e. The van der Waals surface area contributed by atoms with Crippen LogP contribution in [0.4, 0.5) is 0 Å². The van der Waals surface area contributed by atoms with E-state index in [1.54, 1.807) is 0 Å². The lowest BCUT2D eigenvalue weighted by Gasteiger charge is -2.28. The molecule has 0 aliphatic carbocycles. The number of rotatable bonds is 5. The molecule has 3 heteroatoms. The number of hydrogen-bond donors (Lipinski definition) is 0. The van der Waals surface area contributed by atoms with Gasteiger partial charge in [0.2, 0.25) is 6.29 Å². The molecular weight excluding hydrogens is 226 g/mol. The van der Waals surface area contributed by atoms with E-state index < -0.39 is 0 Å². The van der Waals surface area contributed by atoms with Gasteiger partial charge in [-0.3, -0.25) is 0 Å². The summed E-state index contributed by atoms with van der Waals surface area (Å²) in [7, 11) is 0. The molecule has 0 N–H and O–H groups in total. The van der Waals surface area contributed by atoms with Crippen molar-refractivity contribution in [2.75, 3.05) is 6.61 Å². The van der Waals surface area contributed by atoms with Gasteiger partial charge in [0.05, 0.1) is 5.71 Å². The van der Waals surface area contributed by atoms with Crippen LogP contribution in [-0.2, 0) is 9.57 Å². The van der Waals surface area contributed by atoms with E-state index in [1.165, 1.54) is 0 Å². The number of benzene rings is 1. The van der Waals surface area contributed by atoms with Crippen LogP contribution in [0.3, 0.4) is 0 Å². The summed E-state index contributed by atoms with van der Waals surface area (Å²) >= 11 is 0. The van der Waals surface area contributed by atoms with E-state index in [0.717, 1.165) is 24.1 Å². The molecule has 2 rings (SSSR count). The Hall–Kier alpha value is -1.61. The summed E-state index contributed by atoms with van der Waals surface area (Å²) in [6, 6.07) is 10.1. The lowest BCUT2D eigenvalue weighted by Crippen LogP contribution is -2.32. The van der Waals surface area contributed by atoms with E-state index in [9.17, 15) is 0 Å². The Morgan fingerprint density at radius 3 is 2.89 bits per heavy atom. The molecule has 3 nitrogen and oxygen atoms in total. The van der Waals surface area contributed by atoms with E-state index in [0.29, 0.717) is 6.61 Å². The summed E-state index contributed by atoms with van der Waals surface area (Å²) in [5.41, 5.74) is 2.10. The number of allylic oxidation sites excluding steroid dienone is 1. The van der Waals surface area contributed by atoms with Gasteiger partial charge in [-0.2, -0.15) is 0 Å². The maximum atomic E-state index is 5.56. The first-order valence-electron chi connectivity index (χ1n) is 6.35. The SMILES string of the molecule is C=CC[C@@H]1CC(c2ccccc2)=NO[C@H]1OCC. The van der Waals surface area contributed by atoms with Crippen molar-refractivity contribution in [3.8, 4) is 0 Å². The molecule has 0 aromatic heterocycles. The molecule has 1 aromatic rings. The van der Waals surface area contributed by atoms with Gasteiger partial charge in [-0.25, -0.2) is 0 Å². The highest BCUT2D eigenvalue weighted by molar-refractivity contribution is 6.00. The first-order valence-corrected chi connectivity index (χ1v) is 6.35. The third kappa shape index (κ3) is 2.99. The summed E-state index contributed by atoms with van der Waals surface area (Å²) in [5.74, 6) is 0.287. The normalized spacial score (nSPS) is 23.1. The van der Waals surface area contributed by atoms with Gasteiger partial charge < -0.3 is 9.57 Å². The van der Waals surface area contributed by atoms with Gasteiger partial charge in [-0.15, -0.1) is 6.58 Å². The summed E-state index contributed by atoms with van der Waals surface area (Å²) in [5, 5.41) is 4.19. The monoisotopic (exact) mass is 245 g/mol. The van der Waals surface area contributed by atoms with Crippen LogP contribution in [0.15, 0.2) is 48.1 Å². The van der Waals surface area contributed by atoms with Crippen molar-refractivity contribution >= 4 is 5.71 Å². The smallest absolute Gasteiger partial charge is 0.230 e. The quantitative estimate of drug-likeness (QED) is 0.745. The molecule has 0 spiro atoms. The molecule has 2 atom stereocenters. The molecule has 0 fully saturated rings. The van der Waals surface area contributed by atoms with Crippen LogP contribution in [0.25, 0.3) is 0 Å². The van der Waals surface area contributed by atoms with Crippen molar-refractivity contribution in [2.45, 2.75) is 26.1 Å². The number of oxime groups is 1. The number of ether oxygens (including phenoxy) is 1. The molecule has 96 valence electrons. The summed E-state index contributed by atoms with van der Waals surface area (Å²) in [6.45, 7) is 6.39. The molecule has 0 unspecified atom stereocenters. The van der Waals surface area contributed by atoms with Crippen molar-refractivity contribution in [1.82, 2.24) is 0 Å². The zero-order valence-corrected chi connectivity index (χ0v) is 10.7. The second-order valence-electron chi connectivity index (χ2n) is 4.32. The molecule has 1 aliphatic rings. The van der Waals surface area contributed by atoms with Gasteiger partial charge >= 0.3 is 0 Å². The Balaban J connectivity index is 2.13. The Morgan fingerprint density at radius 2 is 2.22 bits per heavy atom. The maximum Gasteiger partial charge on any atom is 0.230 e. The second kappa shape index (κ2) is 6.36. The number of hydrogen-bond acceptors (Lipinski definition) is 3. The molecular formula is C15H19NO2. The zero-order chi connectivity index (χ0) is 12.8. The molecule has 0 radical (unpaired) electrons. The first-order chi connectivity index (χ1) is 8.85. The molecule has 0 saturated heterocycles. The van der Waals surface area contributed by atoms with Gasteiger partial charge in [-0.05, 0) is 18.9 Å². The molecule has 0 amide bonds. The van der Waals surface area contributed by atoms with Crippen LogP contribution in [0.5, 0.6) is 0 Å². The molecule has 1 heterocycles. The minimum absolute atomic E-state index is 0.250. The van der Waals surface area contributed by atoms with Crippen molar-refractivity contribution < 1.29 is 9.57 Å². The summed E-state index contributed by atoms with van der Waals surface area (Å²) in [6.07, 6.45) is 3.39. The lowest BCUT2D eigenvalue weighted by molar-refractivity contribution is -0.174. The molecule has 18 heavy (non-hydrogen) atoms. The summed E-state index contributed by atoms with van der Waals surface area (Å²) < 4.78 is 5.56. The van der Waals surface area contributed by atoms with Crippen molar-refractivity contribution in [1.29, 1.82) is 0 Å².